The molecule has 2 N–H and O–H groups in total. The van der Waals surface area contributed by atoms with Gasteiger partial charge in [-0.15, -0.1) is 0 Å². The Bertz CT molecular complexity index is 508. The molecule has 0 spiro atoms. The quantitative estimate of drug-likeness (QED) is 0.396. The van der Waals surface area contributed by atoms with Crippen molar-refractivity contribution in [1.82, 2.24) is 15.2 Å². The summed E-state index contributed by atoms with van der Waals surface area (Å²) in [6.45, 7) is 7.12. The Morgan fingerprint density at radius 2 is 1.83 bits per heavy atom. The normalized spacial score (nSPS) is 11.7. The first-order valence-electron chi connectivity index (χ1n) is 8.73. The van der Waals surface area contributed by atoms with Crippen molar-refractivity contribution in [2.24, 2.45) is 10.9 Å². The van der Waals surface area contributed by atoms with Gasteiger partial charge in [-0.1, -0.05) is 32.8 Å². The largest absolute Gasteiger partial charge is 0.356 e. The predicted octanol–water partition coefficient (Wildman–Crippen LogP) is 2.62. The SMILES string of the molecule is CN=C(NCCCCC(C)C)NCCCCn1ccccc1=O. The molecule has 0 aromatic carbocycles. The minimum absolute atomic E-state index is 0.0688. The first-order chi connectivity index (χ1) is 11.1. The van der Waals surface area contributed by atoms with Gasteiger partial charge in [-0.25, -0.2) is 0 Å². The van der Waals surface area contributed by atoms with Gasteiger partial charge in [-0.2, -0.15) is 0 Å². The average molecular weight is 320 g/mol. The third-order valence-corrected chi connectivity index (χ3v) is 3.74. The Labute approximate surface area is 140 Å². The Hall–Kier alpha value is -1.78. The summed E-state index contributed by atoms with van der Waals surface area (Å²) in [5, 5.41) is 6.67. The van der Waals surface area contributed by atoms with Gasteiger partial charge in [0.05, 0.1) is 0 Å². The lowest BCUT2D eigenvalue weighted by Crippen LogP contribution is -2.38. The lowest BCUT2D eigenvalue weighted by Gasteiger charge is -2.12. The van der Waals surface area contributed by atoms with Crippen LogP contribution in [0.2, 0.25) is 0 Å². The zero-order valence-electron chi connectivity index (χ0n) is 14.8. The standard InChI is InChI=1S/C18H32N4O/c1-16(2)10-4-6-12-20-18(19-3)21-13-7-9-15-22-14-8-5-11-17(22)23/h5,8,11,14,16H,4,6-7,9-10,12-13,15H2,1-3H3,(H2,19,20,21). The molecule has 0 aliphatic rings. The number of aromatic nitrogens is 1. The molecule has 0 aliphatic carbocycles. The summed E-state index contributed by atoms with van der Waals surface area (Å²) in [7, 11) is 1.80. The summed E-state index contributed by atoms with van der Waals surface area (Å²) in [6, 6.07) is 5.27. The van der Waals surface area contributed by atoms with Gasteiger partial charge in [-0.05, 0) is 31.2 Å². The zero-order chi connectivity index (χ0) is 16.9. The van der Waals surface area contributed by atoms with E-state index in [1.807, 2.05) is 12.3 Å². The van der Waals surface area contributed by atoms with Gasteiger partial charge in [0.15, 0.2) is 5.96 Å². The molecule has 0 atom stereocenters. The van der Waals surface area contributed by atoms with E-state index in [9.17, 15) is 4.79 Å². The molecule has 5 nitrogen and oxygen atoms in total. The van der Waals surface area contributed by atoms with Gasteiger partial charge >= 0.3 is 0 Å². The Morgan fingerprint density at radius 1 is 1.13 bits per heavy atom. The second kappa shape index (κ2) is 11.7. The molecule has 0 saturated carbocycles. The molecule has 23 heavy (non-hydrogen) atoms. The van der Waals surface area contributed by atoms with E-state index in [1.165, 1.54) is 19.3 Å². The van der Waals surface area contributed by atoms with Gasteiger partial charge in [0.25, 0.3) is 0 Å². The van der Waals surface area contributed by atoms with Crippen LogP contribution in [0.3, 0.4) is 0 Å². The molecule has 1 heterocycles. The van der Waals surface area contributed by atoms with Crippen LogP contribution in [0.25, 0.3) is 0 Å². The second-order valence-electron chi connectivity index (χ2n) is 6.25. The molecule has 0 unspecified atom stereocenters. The second-order valence-corrected chi connectivity index (χ2v) is 6.25. The van der Waals surface area contributed by atoms with Gasteiger partial charge in [0.1, 0.15) is 0 Å². The van der Waals surface area contributed by atoms with Crippen LogP contribution < -0.4 is 16.2 Å². The van der Waals surface area contributed by atoms with Crippen molar-refractivity contribution >= 4 is 5.96 Å². The molecular weight excluding hydrogens is 288 g/mol. The molecule has 1 rings (SSSR count). The van der Waals surface area contributed by atoms with Crippen LogP contribution in [0.15, 0.2) is 34.2 Å². The maximum absolute atomic E-state index is 11.6. The van der Waals surface area contributed by atoms with E-state index >= 15 is 0 Å². The number of aliphatic imine (C=N–C) groups is 1. The number of nitrogens with one attached hydrogen (secondary N) is 2. The summed E-state index contributed by atoms with van der Waals surface area (Å²) in [6.07, 6.45) is 7.54. The van der Waals surface area contributed by atoms with Gasteiger partial charge in [0.2, 0.25) is 5.56 Å². The van der Waals surface area contributed by atoms with E-state index in [-0.39, 0.29) is 5.56 Å². The van der Waals surface area contributed by atoms with E-state index in [1.54, 1.807) is 23.7 Å². The average Bonchev–Trinajstić information content (AvgIpc) is 2.53. The molecule has 1 aromatic heterocycles. The molecule has 1 aromatic rings. The minimum Gasteiger partial charge on any atom is -0.356 e. The molecule has 130 valence electrons. The number of aryl methyl sites for hydroxylation is 1. The highest BCUT2D eigenvalue weighted by Crippen LogP contribution is 2.04. The fraction of sp³-hybridized carbons (Fsp3) is 0.667. The number of pyridine rings is 1. The van der Waals surface area contributed by atoms with Crippen molar-refractivity contribution in [2.75, 3.05) is 20.1 Å². The first-order valence-corrected chi connectivity index (χ1v) is 8.73. The molecule has 0 amide bonds. The third kappa shape index (κ3) is 9.06. The minimum atomic E-state index is 0.0688. The predicted molar refractivity (Wildman–Crippen MR) is 98.0 cm³/mol. The van der Waals surface area contributed by atoms with Crippen molar-refractivity contribution in [3.8, 4) is 0 Å². The first kappa shape index (κ1) is 19.3. The van der Waals surface area contributed by atoms with Gasteiger partial charge in [0, 0.05) is 38.9 Å². The smallest absolute Gasteiger partial charge is 0.250 e. The highest BCUT2D eigenvalue weighted by molar-refractivity contribution is 5.79. The number of guanidine groups is 1. The van der Waals surface area contributed by atoms with Crippen LogP contribution in [0.5, 0.6) is 0 Å². The molecule has 0 saturated heterocycles. The number of nitrogens with zero attached hydrogens (tertiary/aromatic N) is 2. The summed E-state index contributed by atoms with van der Waals surface area (Å²) in [5.41, 5.74) is 0.0688. The van der Waals surface area contributed by atoms with Crippen LogP contribution in [-0.2, 0) is 6.54 Å². The molecule has 0 aliphatic heterocycles. The molecule has 0 radical (unpaired) electrons. The summed E-state index contributed by atoms with van der Waals surface area (Å²) in [4.78, 5) is 15.8. The monoisotopic (exact) mass is 320 g/mol. The zero-order valence-corrected chi connectivity index (χ0v) is 14.8. The highest BCUT2D eigenvalue weighted by atomic mass is 16.1. The summed E-state index contributed by atoms with van der Waals surface area (Å²) < 4.78 is 1.75. The van der Waals surface area contributed by atoms with Crippen molar-refractivity contribution in [2.45, 2.75) is 52.5 Å². The van der Waals surface area contributed by atoms with Gasteiger partial charge < -0.3 is 15.2 Å². The van der Waals surface area contributed by atoms with Crippen molar-refractivity contribution in [3.05, 3.63) is 34.7 Å². The third-order valence-electron chi connectivity index (χ3n) is 3.74. The summed E-state index contributed by atoms with van der Waals surface area (Å²) >= 11 is 0. The maximum atomic E-state index is 11.6. The Morgan fingerprint density at radius 3 is 2.43 bits per heavy atom. The molecule has 0 bridgehead atoms. The van der Waals surface area contributed by atoms with E-state index < -0.39 is 0 Å². The topological polar surface area (TPSA) is 58.4 Å². The van der Waals surface area contributed by atoms with Crippen LogP contribution >= 0.6 is 0 Å². The summed E-state index contributed by atoms with van der Waals surface area (Å²) in [5.74, 6) is 1.65. The van der Waals surface area contributed by atoms with E-state index in [2.05, 4.69) is 29.5 Å². The number of unbranched alkanes of at least 4 members (excludes halogenated alkanes) is 2. The fourth-order valence-electron chi connectivity index (χ4n) is 2.36. The van der Waals surface area contributed by atoms with Crippen LogP contribution in [0.4, 0.5) is 0 Å². The number of rotatable bonds is 10. The lowest BCUT2D eigenvalue weighted by molar-refractivity contribution is 0.534. The van der Waals surface area contributed by atoms with Crippen molar-refractivity contribution in [3.63, 3.8) is 0 Å². The van der Waals surface area contributed by atoms with Crippen molar-refractivity contribution < 1.29 is 0 Å². The molecule has 5 heteroatoms. The number of hydrogen-bond acceptors (Lipinski definition) is 2. The Kier molecular flexibility index (Phi) is 9.84. The highest BCUT2D eigenvalue weighted by Gasteiger charge is 1.99. The molecular formula is C18H32N4O. The maximum Gasteiger partial charge on any atom is 0.250 e. The van der Waals surface area contributed by atoms with E-state index in [4.69, 9.17) is 0 Å². The molecule has 0 fully saturated rings. The Balaban J connectivity index is 2.09. The van der Waals surface area contributed by atoms with E-state index in [0.717, 1.165) is 44.4 Å². The number of hydrogen-bond donors (Lipinski definition) is 2. The van der Waals surface area contributed by atoms with Crippen LogP contribution in [0, 0.1) is 5.92 Å². The lowest BCUT2D eigenvalue weighted by atomic mass is 10.1. The van der Waals surface area contributed by atoms with Crippen molar-refractivity contribution in [1.29, 1.82) is 0 Å². The van der Waals surface area contributed by atoms with Gasteiger partial charge in [-0.3, -0.25) is 9.79 Å². The van der Waals surface area contributed by atoms with E-state index in [0.29, 0.717) is 0 Å². The van der Waals surface area contributed by atoms with Crippen LogP contribution in [-0.4, -0.2) is 30.7 Å². The van der Waals surface area contributed by atoms with Crippen LogP contribution in [0.1, 0.15) is 46.0 Å². The fourth-order valence-corrected chi connectivity index (χ4v) is 2.36.